The first-order chi connectivity index (χ1) is 8.24. The molecule has 3 N–H and O–H groups in total. The lowest BCUT2D eigenvalue weighted by atomic mass is 9.95. The molecule has 0 fully saturated rings. The zero-order valence-electron chi connectivity index (χ0n) is 10.4. The molecule has 0 aliphatic rings. The first kappa shape index (κ1) is 11.9. The molecule has 0 radical (unpaired) electrons. The molecule has 1 heterocycles. The molecular formula is C15H20N2. The molecule has 0 unspecified atom stereocenters. The third kappa shape index (κ3) is 2.59. The molecule has 2 heteroatoms. The van der Waals surface area contributed by atoms with Crippen molar-refractivity contribution >= 4 is 10.9 Å². The molecule has 90 valence electrons. The fraction of sp³-hybridized carbons (Fsp3) is 0.333. The maximum absolute atomic E-state index is 5.79. The first-order valence-electron chi connectivity index (χ1n) is 6.12. The van der Waals surface area contributed by atoms with Crippen LogP contribution in [0.4, 0.5) is 0 Å². The number of allylic oxidation sites excluding steroid dienone is 1. The summed E-state index contributed by atoms with van der Waals surface area (Å²) >= 11 is 0. The van der Waals surface area contributed by atoms with E-state index < -0.39 is 0 Å². The summed E-state index contributed by atoms with van der Waals surface area (Å²) in [5.41, 5.74) is 9.66. The molecule has 2 aromatic rings. The molecule has 0 spiro atoms. The summed E-state index contributed by atoms with van der Waals surface area (Å²) < 4.78 is 0. The molecule has 1 aromatic carbocycles. The molecule has 17 heavy (non-hydrogen) atoms. The molecule has 1 aromatic heterocycles. The minimum Gasteiger partial charge on any atom is -0.361 e. The van der Waals surface area contributed by atoms with Crippen molar-refractivity contribution in [1.29, 1.82) is 0 Å². The number of nitrogens with two attached hydrogens (primary N) is 1. The van der Waals surface area contributed by atoms with Gasteiger partial charge in [0.2, 0.25) is 0 Å². The third-order valence-corrected chi connectivity index (χ3v) is 3.26. The average Bonchev–Trinajstić information content (AvgIpc) is 2.71. The number of nitrogens with one attached hydrogen (secondary N) is 1. The van der Waals surface area contributed by atoms with Crippen LogP contribution in [0.5, 0.6) is 0 Å². The van der Waals surface area contributed by atoms with Crippen molar-refractivity contribution in [2.24, 2.45) is 11.7 Å². The maximum Gasteiger partial charge on any atom is 0.0456 e. The van der Waals surface area contributed by atoms with E-state index >= 15 is 0 Å². The van der Waals surface area contributed by atoms with Crippen LogP contribution >= 0.6 is 0 Å². The number of aryl methyl sites for hydroxylation is 1. The van der Waals surface area contributed by atoms with E-state index in [1.165, 1.54) is 22.0 Å². The zero-order chi connectivity index (χ0) is 12.3. The number of aromatic amines is 1. The standard InChI is InChI=1S/C15H20N2/c1-3-4-12(9-16)8-13-10-17-15-6-5-11(2)7-14(13)15/h3,5-7,10,12,17H,1,4,8-9,16H2,2H3/t12-/m1/s1. The second-order valence-corrected chi connectivity index (χ2v) is 4.69. The fourth-order valence-corrected chi connectivity index (χ4v) is 2.27. The average molecular weight is 228 g/mol. The van der Waals surface area contributed by atoms with Crippen LogP contribution in [0.25, 0.3) is 10.9 Å². The lowest BCUT2D eigenvalue weighted by molar-refractivity contribution is 0.546. The monoisotopic (exact) mass is 228 g/mol. The van der Waals surface area contributed by atoms with Gasteiger partial charge in [-0.2, -0.15) is 0 Å². The van der Waals surface area contributed by atoms with E-state index in [0.29, 0.717) is 12.5 Å². The smallest absolute Gasteiger partial charge is 0.0456 e. The molecule has 1 atom stereocenters. The van der Waals surface area contributed by atoms with Crippen molar-refractivity contribution < 1.29 is 0 Å². The van der Waals surface area contributed by atoms with Crippen LogP contribution in [-0.2, 0) is 6.42 Å². The van der Waals surface area contributed by atoms with Crippen LogP contribution in [0.2, 0.25) is 0 Å². The Kier molecular flexibility index (Phi) is 3.64. The Morgan fingerprint density at radius 3 is 3.00 bits per heavy atom. The number of hydrogen-bond acceptors (Lipinski definition) is 1. The molecule has 0 amide bonds. The number of aromatic nitrogens is 1. The normalized spacial score (nSPS) is 12.8. The van der Waals surface area contributed by atoms with E-state index in [2.05, 4.69) is 42.9 Å². The van der Waals surface area contributed by atoms with Gasteiger partial charge in [-0.15, -0.1) is 6.58 Å². The highest BCUT2D eigenvalue weighted by atomic mass is 14.7. The quantitative estimate of drug-likeness (QED) is 0.758. The minimum absolute atomic E-state index is 0.493. The summed E-state index contributed by atoms with van der Waals surface area (Å²) in [6.07, 6.45) is 6.06. The predicted molar refractivity (Wildman–Crippen MR) is 74.1 cm³/mol. The van der Waals surface area contributed by atoms with E-state index in [4.69, 9.17) is 5.73 Å². The summed E-state index contributed by atoms with van der Waals surface area (Å²) in [7, 11) is 0. The van der Waals surface area contributed by atoms with Crippen molar-refractivity contribution in [2.45, 2.75) is 19.8 Å². The van der Waals surface area contributed by atoms with Gasteiger partial charge in [-0.25, -0.2) is 0 Å². The Labute approximate surface area is 103 Å². The summed E-state index contributed by atoms with van der Waals surface area (Å²) in [5.74, 6) is 0.493. The first-order valence-corrected chi connectivity index (χ1v) is 6.12. The Morgan fingerprint density at radius 2 is 2.29 bits per heavy atom. The zero-order valence-corrected chi connectivity index (χ0v) is 10.4. The number of benzene rings is 1. The fourth-order valence-electron chi connectivity index (χ4n) is 2.27. The maximum atomic E-state index is 5.79. The van der Waals surface area contributed by atoms with Crippen LogP contribution < -0.4 is 5.73 Å². The van der Waals surface area contributed by atoms with Crippen molar-refractivity contribution in [1.82, 2.24) is 4.98 Å². The van der Waals surface area contributed by atoms with E-state index in [1.807, 2.05) is 6.08 Å². The predicted octanol–water partition coefficient (Wildman–Crippen LogP) is 3.17. The highest BCUT2D eigenvalue weighted by Crippen LogP contribution is 2.23. The molecule has 2 nitrogen and oxygen atoms in total. The van der Waals surface area contributed by atoms with Gasteiger partial charge in [-0.1, -0.05) is 17.7 Å². The van der Waals surface area contributed by atoms with Gasteiger partial charge in [0.25, 0.3) is 0 Å². The lowest BCUT2D eigenvalue weighted by Crippen LogP contribution is -2.15. The van der Waals surface area contributed by atoms with Gasteiger partial charge in [0.1, 0.15) is 0 Å². The molecule has 2 rings (SSSR count). The number of fused-ring (bicyclic) bond motifs is 1. The van der Waals surface area contributed by atoms with Crippen LogP contribution in [-0.4, -0.2) is 11.5 Å². The Balaban J connectivity index is 2.28. The van der Waals surface area contributed by atoms with Crippen LogP contribution in [0.1, 0.15) is 17.5 Å². The second-order valence-electron chi connectivity index (χ2n) is 4.69. The van der Waals surface area contributed by atoms with Gasteiger partial charge in [-0.3, -0.25) is 0 Å². The molecule has 0 bridgehead atoms. The van der Waals surface area contributed by atoms with Gasteiger partial charge < -0.3 is 10.7 Å². The van der Waals surface area contributed by atoms with E-state index in [0.717, 1.165) is 12.8 Å². The number of hydrogen-bond donors (Lipinski definition) is 2. The van der Waals surface area contributed by atoms with Crippen LogP contribution in [0, 0.1) is 12.8 Å². The van der Waals surface area contributed by atoms with Gasteiger partial charge >= 0.3 is 0 Å². The van der Waals surface area contributed by atoms with Gasteiger partial charge in [-0.05, 0) is 49.9 Å². The van der Waals surface area contributed by atoms with Crippen molar-refractivity contribution in [3.8, 4) is 0 Å². The highest BCUT2D eigenvalue weighted by Gasteiger charge is 2.10. The van der Waals surface area contributed by atoms with Crippen LogP contribution in [0.3, 0.4) is 0 Å². The van der Waals surface area contributed by atoms with E-state index in [-0.39, 0.29) is 0 Å². The van der Waals surface area contributed by atoms with E-state index in [9.17, 15) is 0 Å². The second kappa shape index (κ2) is 5.19. The van der Waals surface area contributed by atoms with Crippen molar-refractivity contribution in [3.63, 3.8) is 0 Å². The van der Waals surface area contributed by atoms with Gasteiger partial charge in [0, 0.05) is 17.1 Å². The number of rotatable bonds is 5. The lowest BCUT2D eigenvalue weighted by Gasteiger charge is -2.11. The minimum atomic E-state index is 0.493. The Morgan fingerprint density at radius 1 is 1.47 bits per heavy atom. The van der Waals surface area contributed by atoms with Crippen molar-refractivity contribution in [3.05, 3.63) is 48.2 Å². The third-order valence-electron chi connectivity index (χ3n) is 3.26. The summed E-state index contributed by atoms with van der Waals surface area (Å²) in [6.45, 7) is 6.63. The largest absolute Gasteiger partial charge is 0.361 e. The molecule has 0 aliphatic heterocycles. The molecule has 0 saturated heterocycles. The Bertz CT molecular complexity index is 511. The molecule has 0 aliphatic carbocycles. The summed E-state index contributed by atoms with van der Waals surface area (Å²) in [4.78, 5) is 3.32. The van der Waals surface area contributed by atoms with Crippen molar-refractivity contribution in [2.75, 3.05) is 6.54 Å². The summed E-state index contributed by atoms with van der Waals surface area (Å²) in [5, 5.41) is 1.33. The van der Waals surface area contributed by atoms with Gasteiger partial charge in [0.15, 0.2) is 0 Å². The molecular weight excluding hydrogens is 208 g/mol. The SMILES string of the molecule is C=CC[C@@H](CN)Cc1c[nH]c2ccc(C)cc12. The Hall–Kier alpha value is -1.54. The summed E-state index contributed by atoms with van der Waals surface area (Å²) in [6, 6.07) is 6.51. The van der Waals surface area contributed by atoms with E-state index in [1.54, 1.807) is 0 Å². The molecule has 0 saturated carbocycles. The number of H-pyrrole nitrogens is 1. The highest BCUT2D eigenvalue weighted by molar-refractivity contribution is 5.83. The topological polar surface area (TPSA) is 41.8 Å². The van der Waals surface area contributed by atoms with Gasteiger partial charge in [0.05, 0.1) is 0 Å². The van der Waals surface area contributed by atoms with Crippen LogP contribution in [0.15, 0.2) is 37.1 Å².